The van der Waals surface area contributed by atoms with Gasteiger partial charge in [-0.1, -0.05) is 61.5 Å². The van der Waals surface area contributed by atoms with E-state index in [1.807, 2.05) is 81.4 Å². The standard InChI is InChI=1S/C27H31N3O3/c1-17-10-11-21(14-22(17)15-31)25(23-12-13-24(29-4)26(30-28)18(23)2)19(3)27(32)33-16-20-8-6-5-7-9-20/h5-14,19,25,28-29,31H,15-16H2,1-4H3/t19-,25-/m1/s1. The predicted octanol–water partition coefficient (Wildman–Crippen LogP) is 6.01. The highest BCUT2D eigenvalue weighted by Crippen LogP contribution is 2.41. The average molecular weight is 446 g/mol. The first-order chi connectivity index (χ1) is 15.9. The highest BCUT2D eigenvalue weighted by molar-refractivity contribution is 5.76. The first-order valence-corrected chi connectivity index (χ1v) is 11.0. The molecule has 33 heavy (non-hydrogen) atoms. The number of nitrogens with one attached hydrogen (secondary N) is 2. The molecule has 6 nitrogen and oxygen atoms in total. The van der Waals surface area contributed by atoms with Crippen molar-refractivity contribution in [1.82, 2.24) is 0 Å². The smallest absolute Gasteiger partial charge is 0.309 e. The Kier molecular flexibility index (Phi) is 7.96. The number of hydrogen-bond donors (Lipinski definition) is 3. The summed E-state index contributed by atoms with van der Waals surface area (Å²) < 4.78 is 5.67. The molecule has 0 spiro atoms. The van der Waals surface area contributed by atoms with E-state index in [4.69, 9.17) is 10.3 Å². The molecule has 2 atom stereocenters. The second kappa shape index (κ2) is 10.9. The van der Waals surface area contributed by atoms with Gasteiger partial charge in [-0.15, -0.1) is 0 Å². The molecule has 6 heteroatoms. The molecule has 0 aliphatic carbocycles. The van der Waals surface area contributed by atoms with Gasteiger partial charge in [0, 0.05) is 13.0 Å². The molecule has 0 aliphatic heterocycles. The average Bonchev–Trinajstić information content (AvgIpc) is 2.84. The Morgan fingerprint density at radius 2 is 1.85 bits per heavy atom. The minimum atomic E-state index is -0.499. The number of carbonyl (C=O) groups excluding carboxylic acids is 1. The third-order valence-electron chi connectivity index (χ3n) is 6.19. The summed E-state index contributed by atoms with van der Waals surface area (Å²) in [6.45, 7) is 5.85. The second-order valence-electron chi connectivity index (χ2n) is 8.24. The number of rotatable bonds is 9. The van der Waals surface area contributed by atoms with Crippen molar-refractivity contribution >= 4 is 17.3 Å². The number of aryl methyl sites for hydroxylation is 1. The van der Waals surface area contributed by atoms with E-state index in [1.165, 1.54) is 0 Å². The van der Waals surface area contributed by atoms with Crippen LogP contribution in [-0.2, 0) is 22.7 Å². The van der Waals surface area contributed by atoms with Crippen LogP contribution in [0.25, 0.3) is 0 Å². The second-order valence-corrected chi connectivity index (χ2v) is 8.24. The Morgan fingerprint density at radius 1 is 1.12 bits per heavy atom. The van der Waals surface area contributed by atoms with E-state index < -0.39 is 5.92 Å². The van der Waals surface area contributed by atoms with Gasteiger partial charge in [-0.3, -0.25) is 4.79 Å². The van der Waals surface area contributed by atoms with Crippen molar-refractivity contribution in [1.29, 1.82) is 5.53 Å². The Labute approximate surface area is 195 Å². The van der Waals surface area contributed by atoms with Crippen LogP contribution in [0.2, 0.25) is 0 Å². The molecule has 0 radical (unpaired) electrons. The van der Waals surface area contributed by atoms with Gasteiger partial charge in [0.15, 0.2) is 0 Å². The normalized spacial score (nSPS) is 12.6. The van der Waals surface area contributed by atoms with Crippen LogP contribution in [0.15, 0.2) is 65.8 Å². The summed E-state index contributed by atoms with van der Waals surface area (Å²) >= 11 is 0. The van der Waals surface area contributed by atoms with E-state index >= 15 is 0 Å². The molecule has 0 aliphatic rings. The zero-order valence-electron chi connectivity index (χ0n) is 19.6. The minimum absolute atomic E-state index is 0.0792. The van der Waals surface area contributed by atoms with Crippen LogP contribution >= 0.6 is 0 Å². The van der Waals surface area contributed by atoms with Crippen molar-refractivity contribution in [2.24, 2.45) is 11.0 Å². The van der Waals surface area contributed by atoms with Crippen molar-refractivity contribution < 1.29 is 14.6 Å². The fraction of sp³-hybridized carbons (Fsp3) is 0.296. The summed E-state index contributed by atoms with van der Waals surface area (Å²) in [6.07, 6.45) is 0. The fourth-order valence-electron chi connectivity index (χ4n) is 4.19. The lowest BCUT2D eigenvalue weighted by Crippen LogP contribution is -2.24. The van der Waals surface area contributed by atoms with Crippen LogP contribution in [0.4, 0.5) is 11.4 Å². The molecule has 0 heterocycles. The first kappa shape index (κ1) is 24.1. The quantitative estimate of drug-likeness (QED) is 0.278. The van der Waals surface area contributed by atoms with Gasteiger partial charge in [-0.05, 0) is 53.3 Å². The Bertz CT molecular complexity index is 1130. The van der Waals surface area contributed by atoms with E-state index in [-0.39, 0.29) is 25.1 Å². The zero-order chi connectivity index (χ0) is 24.0. The third kappa shape index (κ3) is 5.29. The van der Waals surface area contributed by atoms with Gasteiger partial charge in [0.25, 0.3) is 0 Å². The first-order valence-electron chi connectivity index (χ1n) is 11.0. The van der Waals surface area contributed by atoms with Crippen LogP contribution in [0.1, 0.15) is 46.2 Å². The van der Waals surface area contributed by atoms with Crippen molar-refractivity contribution in [3.63, 3.8) is 0 Å². The highest BCUT2D eigenvalue weighted by atomic mass is 16.5. The Balaban J connectivity index is 2.04. The van der Waals surface area contributed by atoms with Gasteiger partial charge in [0.05, 0.1) is 18.2 Å². The zero-order valence-corrected chi connectivity index (χ0v) is 19.6. The topological polar surface area (TPSA) is 94.8 Å². The SMILES string of the molecule is CNc1ccc([C@@H](c2ccc(C)c(CO)c2)[C@@H](C)C(=O)OCc2ccccc2)c(C)c1N=N. The molecule has 3 aromatic carbocycles. The molecule has 0 bridgehead atoms. The number of ether oxygens (including phenoxy) is 1. The summed E-state index contributed by atoms with van der Waals surface area (Å²) in [5.41, 5.74) is 14.3. The van der Waals surface area contributed by atoms with Crippen molar-refractivity contribution in [2.75, 3.05) is 12.4 Å². The number of aliphatic hydroxyl groups is 1. The lowest BCUT2D eigenvalue weighted by molar-refractivity contribution is -0.149. The molecule has 0 saturated carbocycles. The summed E-state index contributed by atoms with van der Waals surface area (Å²) in [6, 6.07) is 19.3. The van der Waals surface area contributed by atoms with Crippen LogP contribution < -0.4 is 5.32 Å². The van der Waals surface area contributed by atoms with E-state index in [9.17, 15) is 9.90 Å². The summed E-state index contributed by atoms with van der Waals surface area (Å²) in [5, 5.41) is 16.6. The predicted molar refractivity (Wildman–Crippen MR) is 130 cm³/mol. The molecular formula is C27H31N3O3. The van der Waals surface area contributed by atoms with E-state index in [1.54, 1.807) is 7.05 Å². The molecule has 0 fully saturated rings. The van der Waals surface area contributed by atoms with Gasteiger partial charge >= 0.3 is 5.97 Å². The molecule has 0 aromatic heterocycles. The molecular weight excluding hydrogens is 414 g/mol. The van der Waals surface area contributed by atoms with E-state index in [0.717, 1.165) is 39.1 Å². The molecule has 3 aromatic rings. The van der Waals surface area contributed by atoms with Crippen LogP contribution in [0.3, 0.4) is 0 Å². The lowest BCUT2D eigenvalue weighted by Gasteiger charge is -2.27. The van der Waals surface area contributed by atoms with E-state index in [2.05, 4.69) is 10.4 Å². The van der Waals surface area contributed by atoms with Crippen molar-refractivity contribution in [3.05, 3.63) is 94.0 Å². The molecule has 0 amide bonds. The maximum absolute atomic E-state index is 13.2. The largest absolute Gasteiger partial charge is 0.461 e. The summed E-state index contributed by atoms with van der Waals surface area (Å²) in [7, 11) is 1.79. The van der Waals surface area contributed by atoms with Gasteiger partial charge < -0.3 is 15.2 Å². The number of nitrogens with zero attached hydrogens (tertiary/aromatic N) is 1. The highest BCUT2D eigenvalue weighted by Gasteiger charge is 2.31. The van der Waals surface area contributed by atoms with Crippen molar-refractivity contribution in [2.45, 2.75) is 39.9 Å². The Morgan fingerprint density at radius 3 is 2.48 bits per heavy atom. The molecule has 0 saturated heterocycles. The third-order valence-corrected chi connectivity index (χ3v) is 6.19. The van der Waals surface area contributed by atoms with Crippen LogP contribution in [0.5, 0.6) is 0 Å². The van der Waals surface area contributed by atoms with Gasteiger partial charge in [-0.2, -0.15) is 5.11 Å². The number of hydrogen-bond acceptors (Lipinski definition) is 6. The molecule has 172 valence electrons. The Hall–Kier alpha value is -3.51. The maximum Gasteiger partial charge on any atom is 0.309 e. The molecule has 0 unspecified atom stereocenters. The number of anilines is 1. The van der Waals surface area contributed by atoms with Crippen molar-refractivity contribution in [3.8, 4) is 0 Å². The number of carbonyl (C=O) groups is 1. The van der Waals surface area contributed by atoms with E-state index in [0.29, 0.717) is 5.69 Å². The van der Waals surface area contributed by atoms with Crippen LogP contribution in [-0.4, -0.2) is 18.1 Å². The minimum Gasteiger partial charge on any atom is -0.461 e. The summed E-state index contributed by atoms with van der Waals surface area (Å²) in [4.78, 5) is 13.2. The monoisotopic (exact) mass is 445 g/mol. The fourth-order valence-corrected chi connectivity index (χ4v) is 4.19. The summed E-state index contributed by atoms with van der Waals surface area (Å²) in [5.74, 6) is -1.14. The number of esters is 1. The van der Waals surface area contributed by atoms with Crippen LogP contribution in [0, 0.1) is 25.3 Å². The van der Waals surface area contributed by atoms with Gasteiger partial charge in [-0.25, -0.2) is 5.53 Å². The van der Waals surface area contributed by atoms with Gasteiger partial charge in [0.1, 0.15) is 12.3 Å². The molecule has 3 rings (SSSR count). The number of benzene rings is 3. The number of aliphatic hydroxyl groups excluding tert-OH is 1. The van der Waals surface area contributed by atoms with Gasteiger partial charge in [0.2, 0.25) is 0 Å². The molecule has 3 N–H and O–H groups in total. The lowest BCUT2D eigenvalue weighted by atomic mass is 9.78. The maximum atomic E-state index is 13.2.